The number of nitrogens with zero attached hydrogens (tertiary/aromatic N) is 4. The zero-order chi connectivity index (χ0) is 15.7. The Balaban J connectivity index is 1.58. The third kappa shape index (κ3) is 2.45. The van der Waals surface area contributed by atoms with Crippen molar-refractivity contribution in [2.24, 2.45) is 13.0 Å². The second-order valence-corrected chi connectivity index (χ2v) is 5.30. The third-order valence-electron chi connectivity index (χ3n) is 3.88. The maximum atomic E-state index is 12.1. The van der Waals surface area contributed by atoms with Crippen molar-refractivity contribution >= 4 is 23.0 Å². The molecule has 7 nitrogen and oxygen atoms in total. The summed E-state index contributed by atoms with van der Waals surface area (Å²) < 4.78 is 1.87. The minimum absolute atomic E-state index is 0.0619. The zero-order valence-electron chi connectivity index (χ0n) is 12.3. The largest absolute Gasteiger partial charge is 0.349 e. The van der Waals surface area contributed by atoms with E-state index in [-0.39, 0.29) is 17.7 Å². The summed E-state index contributed by atoms with van der Waals surface area (Å²) in [6, 6.07) is 3.72. The number of imidazole rings is 1. The van der Waals surface area contributed by atoms with Gasteiger partial charge in [0.05, 0.1) is 12.5 Å². The Morgan fingerprint density at radius 3 is 2.95 bits per heavy atom. The smallest absolute Gasteiger partial charge is 0.246 e. The molecular formula is C15H17N5O2. The lowest BCUT2D eigenvalue weighted by molar-refractivity contribution is -0.139. The molecule has 114 valence electrons. The van der Waals surface area contributed by atoms with Crippen LogP contribution in [0.5, 0.6) is 0 Å². The van der Waals surface area contributed by atoms with Gasteiger partial charge in [-0.05, 0) is 18.2 Å². The Kier molecular flexibility index (Phi) is 3.62. The number of hydrogen-bond acceptors (Lipinski definition) is 4. The van der Waals surface area contributed by atoms with Crippen LogP contribution in [0.25, 0.3) is 11.2 Å². The molecule has 1 fully saturated rings. The summed E-state index contributed by atoms with van der Waals surface area (Å²) in [5.74, 6) is 0.399. The highest BCUT2D eigenvalue weighted by atomic mass is 16.2. The molecule has 0 aromatic carbocycles. The van der Waals surface area contributed by atoms with Crippen LogP contribution < -0.4 is 5.32 Å². The number of hydrogen-bond donors (Lipinski definition) is 1. The Morgan fingerprint density at radius 1 is 1.50 bits per heavy atom. The first kappa shape index (κ1) is 14.2. The van der Waals surface area contributed by atoms with E-state index >= 15 is 0 Å². The van der Waals surface area contributed by atoms with Crippen molar-refractivity contribution < 1.29 is 9.59 Å². The van der Waals surface area contributed by atoms with Crippen LogP contribution in [0.2, 0.25) is 0 Å². The van der Waals surface area contributed by atoms with Crippen molar-refractivity contribution in [1.82, 2.24) is 24.8 Å². The Morgan fingerprint density at radius 2 is 2.27 bits per heavy atom. The fraction of sp³-hybridized carbons (Fsp3) is 0.333. The van der Waals surface area contributed by atoms with Crippen molar-refractivity contribution in [3.8, 4) is 0 Å². The van der Waals surface area contributed by atoms with Crippen molar-refractivity contribution in [3.05, 3.63) is 36.8 Å². The van der Waals surface area contributed by atoms with Crippen LogP contribution in [-0.4, -0.2) is 44.3 Å². The minimum atomic E-state index is -0.156. The Bertz CT molecular complexity index is 745. The highest BCUT2D eigenvalue weighted by molar-refractivity contribution is 5.90. The monoisotopic (exact) mass is 299 g/mol. The summed E-state index contributed by atoms with van der Waals surface area (Å²) in [5.41, 5.74) is 1.60. The van der Waals surface area contributed by atoms with Gasteiger partial charge in [-0.15, -0.1) is 0 Å². The maximum absolute atomic E-state index is 12.1. The molecule has 3 rings (SSSR count). The van der Waals surface area contributed by atoms with Crippen LogP contribution in [0.4, 0.5) is 0 Å². The number of nitrogens with one attached hydrogen (secondary N) is 1. The number of carbonyl (C=O) groups is 2. The van der Waals surface area contributed by atoms with Crippen LogP contribution in [0.3, 0.4) is 0 Å². The van der Waals surface area contributed by atoms with Gasteiger partial charge in [-0.25, -0.2) is 9.97 Å². The molecule has 0 saturated carbocycles. The molecule has 2 amide bonds. The molecule has 2 aromatic rings. The van der Waals surface area contributed by atoms with Crippen molar-refractivity contribution in [1.29, 1.82) is 0 Å². The van der Waals surface area contributed by atoms with Gasteiger partial charge in [0, 0.05) is 26.3 Å². The standard InChI is InChI=1S/C15H17N5O2/c1-3-13(21)20-8-10(9-20)15(22)17-7-12-18-11-5-4-6-16-14(11)19(12)2/h3-6,10H,1,7-9H2,2H3,(H,17,22). The third-order valence-corrected chi connectivity index (χ3v) is 3.88. The summed E-state index contributed by atoms with van der Waals surface area (Å²) in [4.78, 5) is 33.7. The first-order chi connectivity index (χ1) is 10.6. The van der Waals surface area contributed by atoms with Gasteiger partial charge in [0.1, 0.15) is 11.3 Å². The van der Waals surface area contributed by atoms with Crippen molar-refractivity contribution in [2.75, 3.05) is 13.1 Å². The quantitative estimate of drug-likeness (QED) is 0.820. The van der Waals surface area contributed by atoms with Gasteiger partial charge in [-0.1, -0.05) is 6.58 Å². The molecule has 0 spiro atoms. The number of pyridine rings is 1. The fourth-order valence-corrected chi connectivity index (χ4v) is 2.49. The molecule has 1 aliphatic heterocycles. The van der Waals surface area contributed by atoms with Gasteiger partial charge in [-0.2, -0.15) is 0 Å². The predicted octanol–water partition coefficient (Wildman–Crippen LogP) is 0.229. The molecule has 0 bridgehead atoms. The topological polar surface area (TPSA) is 80.1 Å². The van der Waals surface area contributed by atoms with E-state index in [0.29, 0.717) is 19.6 Å². The molecule has 0 unspecified atom stereocenters. The minimum Gasteiger partial charge on any atom is -0.349 e. The number of amides is 2. The van der Waals surface area contributed by atoms with Crippen LogP contribution >= 0.6 is 0 Å². The van der Waals surface area contributed by atoms with E-state index < -0.39 is 0 Å². The highest BCUT2D eigenvalue weighted by Crippen LogP contribution is 2.16. The van der Waals surface area contributed by atoms with Crippen molar-refractivity contribution in [2.45, 2.75) is 6.54 Å². The van der Waals surface area contributed by atoms with Gasteiger partial charge >= 0.3 is 0 Å². The number of fused-ring (bicyclic) bond motifs is 1. The number of carbonyl (C=O) groups excluding carboxylic acids is 2. The molecular weight excluding hydrogens is 282 g/mol. The average molecular weight is 299 g/mol. The van der Waals surface area contributed by atoms with E-state index in [4.69, 9.17) is 0 Å². The van der Waals surface area contributed by atoms with Crippen molar-refractivity contribution in [3.63, 3.8) is 0 Å². The summed E-state index contributed by atoms with van der Waals surface area (Å²) in [6.45, 7) is 4.67. The molecule has 1 N–H and O–H groups in total. The molecule has 0 radical (unpaired) electrons. The molecule has 2 aromatic heterocycles. The summed E-state index contributed by atoms with van der Waals surface area (Å²) in [6.07, 6.45) is 2.98. The highest BCUT2D eigenvalue weighted by Gasteiger charge is 2.34. The SMILES string of the molecule is C=CC(=O)N1CC(C(=O)NCc2nc3cccnc3n2C)C1. The fourth-order valence-electron chi connectivity index (χ4n) is 2.49. The lowest BCUT2D eigenvalue weighted by Crippen LogP contribution is -2.55. The summed E-state index contributed by atoms with van der Waals surface area (Å²) in [5, 5.41) is 2.87. The first-order valence-electron chi connectivity index (χ1n) is 7.05. The number of likely N-dealkylation sites (tertiary alicyclic amines) is 1. The second kappa shape index (κ2) is 5.59. The van der Waals surface area contributed by atoms with Gasteiger partial charge in [0.15, 0.2) is 5.65 Å². The van der Waals surface area contributed by atoms with Gasteiger partial charge < -0.3 is 14.8 Å². The van der Waals surface area contributed by atoms with Crippen LogP contribution in [-0.2, 0) is 23.2 Å². The van der Waals surface area contributed by atoms with E-state index in [1.54, 1.807) is 11.1 Å². The molecule has 0 aliphatic carbocycles. The first-order valence-corrected chi connectivity index (χ1v) is 7.05. The Hall–Kier alpha value is -2.70. The van der Waals surface area contributed by atoms with E-state index in [0.717, 1.165) is 17.0 Å². The van der Waals surface area contributed by atoms with E-state index in [2.05, 4.69) is 21.9 Å². The zero-order valence-corrected chi connectivity index (χ0v) is 12.3. The maximum Gasteiger partial charge on any atom is 0.246 e. The van der Waals surface area contributed by atoms with E-state index in [1.807, 2.05) is 23.7 Å². The normalized spacial score (nSPS) is 14.7. The molecule has 1 saturated heterocycles. The van der Waals surface area contributed by atoms with Crippen LogP contribution in [0, 0.1) is 5.92 Å². The van der Waals surface area contributed by atoms with Gasteiger partial charge in [0.25, 0.3) is 0 Å². The average Bonchev–Trinajstić information content (AvgIpc) is 2.80. The Labute approximate surface area is 127 Å². The number of rotatable bonds is 4. The van der Waals surface area contributed by atoms with Gasteiger partial charge in [0.2, 0.25) is 11.8 Å². The lowest BCUT2D eigenvalue weighted by Gasteiger charge is -2.37. The summed E-state index contributed by atoms with van der Waals surface area (Å²) in [7, 11) is 1.87. The number of aryl methyl sites for hydroxylation is 1. The molecule has 1 aliphatic rings. The lowest BCUT2D eigenvalue weighted by atomic mass is 9.99. The van der Waals surface area contributed by atoms with E-state index in [1.165, 1.54) is 6.08 Å². The molecule has 0 atom stereocenters. The molecule has 7 heteroatoms. The second-order valence-electron chi connectivity index (χ2n) is 5.30. The number of aromatic nitrogens is 3. The molecule has 3 heterocycles. The van der Waals surface area contributed by atoms with E-state index in [9.17, 15) is 9.59 Å². The summed E-state index contributed by atoms with van der Waals surface area (Å²) >= 11 is 0. The predicted molar refractivity (Wildman–Crippen MR) is 80.6 cm³/mol. The van der Waals surface area contributed by atoms with Gasteiger partial charge in [-0.3, -0.25) is 9.59 Å². The van der Waals surface area contributed by atoms with Crippen LogP contribution in [0.1, 0.15) is 5.82 Å². The van der Waals surface area contributed by atoms with Crippen LogP contribution in [0.15, 0.2) is 31.0 Å². The molecule has 22 heavy (non-hydrogen) atoms.